The predicted molar refractivity (Wildman–Crippen MR) is 98.2 cm³/mol. The van der Waals surface area contributed by atoms with Crippen molar-refractivity contribution in [2.24, 2.45) is 0 Å². The number of fused-ring (bicyclic) bond motifs is 1. The first-order valence-corrected chi connectivity index (χ1v) is 8.16. The van der Waals surface area contributed by atoms with E-state index in [9.17, 15) is 0 Å². The Morgan fingerprint density at radius 1 is 1.00 bits per heavy atom. The Bertz CT molecular complexity index is 917. The van der Waals surface area contributed by atoms with E-state index < -0.39 is 0 Å². The zero-order valence-electron chi connectivity index (χ0n) is 14.2. The highest BCUT2D eigenvalue weighted by molar-refractivity contribution is 5.60. The van der Waals surface area contributed by atoms with Gasteiger partial charge in [0.15, 0.2) is 11.5 Å². The van der Waals surface area contributed by atoms with E-state index in [1.807, 2.05) is 48.5 Å². The predicted octanol–water partition coefficient (Wildman–Crippen LogP) is 3.57. The first-order valence-electron chi connectivity index (χ1n) is 8.16. The molecule has 0 atom stereocenters. The van der Waals surface area contributed by atoms with Crippen molar-refractivity contribution in [3.05, 3.63) is 60.4 Å². The van der Waals surface area contributed by atoms with Crippen molar-refractivity contribution >= 4 is 17.3 Å². The molecular weight excluding hydrogens is 332 g/mol. The van der Waals surface area contributed by atoms with Crippen molar-refractivity contribution < 1.29 is 14.2 Å². The maximum atomic E-state index is 5.40. The van der Waals surface area contributed by atoms with Crippen LogP contribution >= 0.6 is 0 Å². The van der Waals surface area contributed by atoms with Gasteiger partial charge in [-0.2, -0.15) is 0 Å². The first kappa shape index (κ1) is 16.0. The fourth-order valence-electron chi connectivity index (χ4n) is 2.61. The van der Waals surface area contributed by atoms with E-state index in [0.29, 0.717) is 12.4 Å². The Morgan fingerprint density at radius 2 is 1.88 bits per heavy atom. The minimum atomic E-state index is 0.275. The average molecular weight is 350 g/mol. The smallest absolute Gasteiger partial charge is 0.231 e. The van der Waals surface area contributed by atoms with Crippen LogP contribution < -0.4 is 24.8 Å². The maximum absolute atomic E-state index is 5.40. The van der Waals surface area contributed by atoms with Gasteiger partial charge in [-0.25, -0.2) is 9.97 Å². The van der Waals surface area contributed by atoms with Gasteiger partial charge in [0.25, 0.3) is 0 Å². The van der Waals surface area contributed by atoms with Crippen molar-refractivity contribution in [2.75, 3.05) is 24.5 Å². The number of nitrogens with one attached hydrogen (secondary N) is 2. The lowest BCUT2D eigenvalue weighted by atomic mass is 10.2. The second-order valence-corrected chi connectivity index (χ2v) is 5.69. The van der Waals surface area contributed by atoms with Crippen LogP contribution in [0.15, 0.2) is 54.9 Å². The molecule has 2 N–H and O–H groups in total. The number of hydrogen-bond acceptors (Lipinski definition) is 7. The Hall–Kier alpha value is -3.48. The van der Waals surface area contributed by atoms with Gasteiger partial charge in [-0.1, -0.05) is 12.1 Å². The van der Waals surface area contributed by atoms with Crippen LogP contribution in [0.25, 0.3) is 0 Å². The molecule has 0 unspecified atom stereocenters. The van der Waals surface area contributed by atoms with Crippen LogP contribution in [0.3, 0.4) is 0 Å². The Balaban J connectivity index is 1.42. The van der Waals surface area contributed by atoms with Crippen LogP contribution in [0.5, 0.6) is 17.2 Å². The lowest BCUT2D eigenvalue weighted by Gasteiger charge is -2.10. The quantitative estimate of drug-likeness (QED) is 0.704. The molecule has 3 aromatic rings. The third-order valence-corrected chi connectivity index (χ3v) is 3.92. The summed E-state index contributed by atoms with van der Waals surface area (Å²) >= 11 is 0. The summed E-state index contributed by atoms with van der Waals surface area (Å²) in [5.74, 6) is 3.75. The van der Waals surface area contributed by atoms with Crippen molar-refractivity contribution in [1.82, 2.24) is 9.97 Å². The summed E-state index contributed by atoms with van der Waals surface area (Å²) in [5, 5.41) is 6.53. The number of methoxy groups -OCH3 is 1. The number of aromatic nitrogens is 2. The minimum absolute atomic E-state index is 0.275. The van der Waals surface area contributed by atoms with Gasteiger partial charge < -0.3 is 24.8 Å². The lowest BCUT2D eigenvalue weighted by Crippen LogP contribution is -2.03. The molecular formula is C19H18N4O3. The van der Waals surface area contributed by atoms with Crippen LogP contribution in [0.2, 0.25) is 0 Å². The molecule has 132 valence electrons. The van der Waals surface area contributed by atoms with Gasteiger partial charge in [0.2, 0.25) is 6.79 Å². The summed E-state index contributed by atoms with van der Waals surface area (Å²) < 4.78 is 16.0. The molecule has 0 saturated heterocycles. The van der Waals surface area contributed by atoms with Crippen molar-refractivity contribution in [1.29, 1.82) is 0 Å². The largest absolute Gasteiger partial charge is 0.497 e. The van der Waals surface area contributed by atoms with Gasteiger partial charge in [0, 0.05) is 24.4 Å². The average Bonchev–Trinajstić information content (AvgIpc) is 3.15. The molecule has 1 aliphatic heterocycles. The molecule has 7 nitrogen and oxygen atoms in total. The van der Waals surface area contributed by atoms with E-state index in [1.54, 1.807) is 7.11 Å². The summed E-state index contributed by atoms with van der Waals surface area (Å²) in [7, 11) is 1.64. The van der Waals surface area contributed by atoms with Crippen molar-refractivity contribution in [3.8, 4) is 17.2 Å². The van der Waals surface area contributed by atoms with Crippen molar-refractivity contribution in [2.45, 2.75) is 6.54 Å². The highest BCUT2D eigenvalue weighted by Gasteiger charge is 2.13. The molecule has 0 amide bonds. The number of anilines is 3. The van der Waals surface area contributed by atoms with E-state index in [4.69, 9.17) is 14.2 Å². The fraction of sp³-hybridized carbons (Fsp3) is 0.158. The number of rotatable bonds is 6. The molecule has 1 aliphatic rings. The normalized spacial score (nSPS) is 11.9. The lowest BCUT2D eigenvalue weighted by molar-refractivity contribution is 0.174. The number of nitrogens with zero attached hydrogens (tertiary/aromatic N) is 2. The maximum Gasteiger partial charge on any atom is 0.231 e. The number of benzene rings is 2. The van der Waals surface area contributed by atoms with Gasteiger partial charge >= 0.3 is 0 Å². The first-order chi connectivity index (χ1) is 12.8. The molecule has 2 heterocycles. The van der Waals surface area contributed by atoms with Crippen molar-refractivity contribution in [3.63, 3.8) is 0 Å². The van der Waals surface area contributed by atoms with Crippen LogP contribution in [0.4, 0.5) is 17.3 Å². The second kappa shape index (κ2) is 7.18. The van der Waals surface area contributed by atoms with E-state index in [-0.39, 0.29) is 6.79 Å². The third kappa shape index (κ3) is 3.61. The summed E-state index contributed by atoms with van der Waals surface area (Å²) in [6, 6.07) is 15.4. The van der Waals surface area contributed by atoms with E-state index >= 15 is 0 Å². The zero-order chi connectivity index (χ0) is 17.8. The third-order valence-electron chi connectivity index (χ3n) is 3.92. The van der Waals surface area contributed by atoms with E-state index in [0.717, 1.165) is 34.3 Å². The SMILES string of the molecule is COc1cccc(Nc2cc(NCc3ccc4c(c3)OCO4)ncn2)c1. The molecule has 0 radical (unpaired) electrons. The molecule has 0 saturated carbocycles. The standard InChI is InChI=1S/C19H18N4O3/c1-24-15-4-2-3-14(8-15)23-19-9-18(21-11-22-19)20-10-13-5-6-16-17(7-13)26-12-25-16/h2-9,11H,10,12H2,1H3,(H2,20,21,22,23). The van der Waals surface area contributed by atoms with Crippen LogP contribution in [0.1, 0.15) is 5.56 Å². The van der Waals surface area contributed by atoms with Crippen LogP contribution in [-0.4, -0.2) is 23.9 Å². The highest BCUT2D eigenvalue weighted by Crippen LogP contribution is 2.32. The number of ether oxygens (including phenoxy) is 3. The van der Waals surface area contributed by atoms with Crippen LogP contribution in [0, 0.1) is 0 Å². The van der Waals surface area contributed by atoms with Crippen LogP contribution in [-0.2, 0) is 6.54 Å². The molecule has 2 aromatic carbocycles. The van der Waals surface area contributed by atoms with Gasteiger partial charge in [-0.05, 0) is 29.8 Å². The zero-order valence-corrected chi connectivity index (χ0v) is 14.2. The molecule has 0 fully saturated rings. The van der Waals surface area contributed by atoms with Gasteiger partial charge in [-0.3, -0.25) is 0 Å². The second-order valence-electron chi connectivity index (χ2n) is 5.69. The van der Waals surface area contributed by atoms with E-state index in [1.165, 1.54) is 6.33 Å². The topological polar surface area (TPSA) is 77.5 Å². The highest BCUT2D eigenvalue weighted by atomic mass is 16.7. The summed E-state index contributed by atoms with van der Waals surface area (Å²) in [5.41, 5.74) is 1.97. The Morgan fingerprint density at radius 3 is 2.81 bits per heavy atom. The molecule has 4 rings (SSSR count). The molecule has 0 aliphatic carbocycles. The summed E-state index contributed by atoms with van der Waals surface area (Å²) in [4.78, 5) is 8.51. The van der Waals surface area contributed by atoms with Gasteiger partial charge in [-0.15, -0.1) is 0 Å². The minimum Gasteiger partial charge on any atom is -0.497 e. The molecule has 1 aromatic heterocycles. The number of hydrogen-bond donors (Lipinski definition) is 2. The Labute approximate surface area is 151 Å². The van der Waals surface area contributed by atoms with Gasteiger partial charge in [0.1, 0.15) is 23.7 Å². The molecule has 0 spiro atoms. The summed E-state index contributed by atoms with van der Waals surface area (Å²) in [6.45, 7) is 0.893. The van der Waals surface area contributed by atoms with Gasteiger partial charge in [0.05, 0.1) is 7.11 Å². The van der Waals surface area contributed by atoms with E-state index in [2.05, 4.69) is 20.6 Å². The summed E-state index contributed by atoms with van der Waals surface area (Å²) in [6.07, 6.45) is 1.52. The fourth-order valence-corrected chi connectivity index (χ4v) is 2.61. The Kier molecular flexibility index (Phi) is 4.42. The molecule has 26 heavy (non-hydrogen) atoms. The molecule has 0 bridgehead atoms. The molecule has 7 heteroatoms. The monoisotopic (exact) mass is 350 g/mol.